The molecule has 15 rings (SSSR count). The van der Waals surface area contributed by atoms with Gasteiger partial charge in [0.2, 0.25) is 0 Å². The predicted molar refractivity (Wildman–Crippen MR) is 476 cm³/mol. The number of rotatable bonds is 21. The standard InChI is InChI=1S/C56H48N2.C50H44N2/c1-41-5-29-51(30-6-41)57(52-31-7-42(2)8-32-52)55-37-21-47(22-38-55)15-13-45-17-25-49(26-18-45)50-27-19-46(20-28-50)14-16-48-23-39-56(40-24-48)58(53-33-9-43(3)10-34-53)54-35-11-44(4)12-36-54;1-37-5-25-45(26-6-37)51(46-27-7-38(2)8-28-46)49-33-21-43(22-34-49)19-17-41-13-15-42(16-14-41)18-20-44-23-35-50(36-24-44)52(47-29-9-39(3)10-30-47)48-31-11-40(4)12-32-48/h5-40H,1-4H3;5-36H,1-4H3/b15-13+,16-14+;19-17+,20-18+. The van der Waals surface area contributed by atoms with Gasteiger partial charge in [-0.05, 0) is 257 Å². The third-order valence-corrected chi connectivity index (χ3v) is 19.9. The monoisotopic (exact) mass is 1420 g/mol. The Morgan fingerprint density at radius 3 is 0.327 bits per heavy atom. The van der Waals surface area contributed by atoms with Crippen molar-refractivity contribution in [1.29, 1.82) is 0 Å². The van der Waals surface area contributed by atoms with E-state index in [0.29, 0.717) is 0 Å². The van der Waals surface area contributed by atoms with Gasteiger partial charge in [-0.15, -0.1) is 0 Å². The molecule has 0 aliphatic heterocycles. The fourth-order valence-electron chi connectivity index (χ4n) is 13.3. The summed E-state index contributed by atoms with van der Waals surface area (Å²) in [5.41, 5.74) is 35.4. The fraction of sp³-hybridized carbons (Fsp3) is 0.0755. The molecule has 110 heavy (non-hydrogen) atoms. The highest BCUT2D eigenvalue weighted by Crippen LogP contribution is 2.40. The molecule has 0 unspecified atom stereocenters. The second kappa shape index (κ2) is 34.8. The van der Waals surface area contributed by atoms with Crippen LogP contribution in [0.15, 0.2) is 364 Å². The van der Waals surface area contributed by atoms with Gasteiger partial charge in [0.05, 0.1) is 0 Å². The zero-order valence-corrected chi connectivity index (χ0v) is 64.0. The molecule has 0 bridgehead atoms. The maximum absolute atomic E-state index is 2.31. The predicted octanol–water partition coefficient (Wildman–Crippen LogP) is 30.1. The number of hydrogen-bond donors (Lipinski definition) is 0. The maximum Gasteiger partial charge on any atom is 0.0462 e. The second-order valence-corrected chi connectivity index (χ2v) is 28.6. The Kier molecular flexibility index (Phi) is 23.2. The highest BCUT2D eigenvalue weighted by Gasteiger charge is 2.17. The lowest BCUT2D eigenvalue weighted by Crippen LogP contribution is -2.09. The van der Waals surface area contributed by atoms with Crippen molar-refractivity contribution in [2.45, 2.75) is 55.4 Å². The maximum atomic E-state index is 2.31. The molecule has 0 N–H and O–H groups in total. The molecule has 0 amide bonds. The molecular formula is C106H92N4. The molecule has 0 fully saturated rings. The first-order valence-corrected chi connectivity index (χ1v) is 37.9. The molecule has 0 spiro atoms. The summed E-state index contributed by atoms with van der Waals surface area (Å²) >= 11 is 0. The molecule has 0 radical (unpaired) electrons. The van der Waals surface area contributed by atoms with Crippen LogP contribution < -0.4 is 19.6 Å². The average molecular weight is 1420 g/mol. The van der Waals surface area contributed by atoms with Crippen molar-refractivity contribution in [3.05, 3.63) is 453 Å². The molecule has 4 heteroatoms. The zero-order chi connectivity index (χ0) is 75.7. The van der Waals surface area contributed by atoms with Crippen LogP contribution >= 0.6 is 0 Å². The Hall–Kier alpha value is -13.5. The van der Waals surface area contributed by atoms with Crippen LogP contribution in [0.2, 0.25) is 0 Å². The van der Waals surface area contributed by atoms with Gasteiger partial charge in [-0.2, -0.15) is 0 Å². The lowest BCUT2D eigenvalue weighted by Gasteiger charge is -2.25. The summed E-state index contributed by atoms with van der Waals surface area (Å²) in [6.45, 7) is 17.0. The minimum Gasteiger partial charge on any atom is -0.311 e. The summed E-state index contributed by atoms with van der Waals surface area (Å²) < 4.78 is 0. The Morgan fingerprint density at radius 1 is 0.118 bits per heavy atom. The lowest BCUT2D eigenvalue weighted by atomic mass is 10.0. The average Bonchev–Trinajstić information content (AvgIpc) is 0.816. The molecule has 4 nitrogen and oxygen atoms in total. The van der Waals surface area contributed by atoms with E-state index in [1.165, 1.54) is 77.9 Å². The van der Waals surface area contributed by atoms with Crippen LogP contribution in [-0.2, 0) is 0 Å². The van der Waals surface area contributed by atoms with Crippen molar-refractivity contribution >= 4 is 117 Å². The van der Waals surface area contributed by atoms with E-state index in [9.17, 15) is 0 Å². The molecule has 0 saturated heterocycles. The molecule has 0 aliphatic rings. The second-order valence-electron chi connectivity index (χ2n) is 28.6. The van der Waals surface area contributed by atoms with Gasteiger partial charge in [0.15, 0.2) is 0 Å². The van der Waals surface area contributed by atoms with Crippen molar-refractivity contribution in [3.63, 3.8) is 0 Å². The summed E-state index contributed by atoms with van der Waals surface area (Å²) in [7, 11) is 0. The van der Waals surface area contributed by atoms with E-state index in [2.05, 4.69) is 488 Å². The van der Waals surface area contributed by atoms with E-state index < -0.39 is 0 Å². The number of benzene rings is 15. The first kappa shape index (κ1) is 73.4. The molecule has 0 aliphatic carbocycles. The van der Waals surface area contributed by atoms with Crippen molar-refractivity contribution in [2.24, 2.45) is 0 Å². The quantitative estimate of drug-likeness (QED) is 0.0665. The van der Waals surface area contributed by atoms with E-state index in [0.717, 1.165) is 90.5 Å². The number of hydrogen-bond acceptors (Lipinski definition) is 4. The Morgan fingerprint density at radius 2 is 0.209 bits per heavy atom. The molecule has 536 valence electrons. The zero-order valence-electron chi connectivity index (χ0n) is 64.0. The van der Waals surface area contributed by atoms with Crippen molar-refractivity contribution in [1.82, 2.24) is 0 Å². The van der Waals surface area contributed by atoms with Crippen LogP contribution in [0.5, 0.6) is 0 Å². The van der Waals surface area contributed by atoms with E-state index >= 15 is 0 Å². The van der Waals surface area contributed by atoms with Crippen molar-refractivity contribution in [2.75, 3.05) is 19.6 Å². The minimum absolute atomic E-state index is 1.13. The number of nitrogens with zero attached hydrogens (tertiary/aromatic N) is 4. The third kappa shape index (κ3) is 19.0. The van der Waals surface area contributed by atoms with Crippen LogP contribution in [0.4, 0.5) is 68.2 Å². The van der Waals surface area contributed by atoms with E-state index in [-0.39, 0.29) is 0 Å². The van der Waals surface area contributed by atoms with Gasteiger partial charge >= 0.3 is 0 Å². The van der Waals surface area contributed by atoms with Crippen molar-refractivity contribution in [3.8, 4) is 11.1 Å². The normalized spacial score (nSPS) is 11.3. The van der Waals surface area contributed by atoms with Crippen LogP contribution in [0.1, 0.15) is 89.0 Å². The van der Waals surface area contributed by atoms with Gasteiger partial charge in [0.25, 0.3) is 0 Å². The van der Waals surface area contributed by atoms with Crippen LogP contribution in [0, 0.1) is 55.4 Å². The first-order valence-electron chi connectivity index (χ1n) is 37.9. The highest BCUT2D eigenvalue weighted by atomic mass is 15.2. The van der Waals surface area contributed by atoms with Gasteiger partial charge in [0.1, 0.15) is 0 Å². The van der Waals surface area contributed by atoms with E-state index in [1.54, 1.807) is 0 Å². The van der Waals surface area contributed by atoms with Gasteiger partial charge in [-0.3, -0.25) is 0 Å². The SMILES string of the molecule is Cc1ccc(N(c2ccc(C)cc2)c2ccc(/C=C/c3ccc(-c4ccc(/C=C/c5ccc(N(c6ccc(C)cc6)c6ccc(C)cc6)cc5)cc4)cc3)cc2)cc1.Cc1ccc(N(c2ccc(C)cc2)c2ccc(/C=C/c3ccc(/C=C/c4ccc(N(c5ccc(C)cc5)c5ccc(C)cc5)cc4)cc3)cc2)cc1. The van der Waals surface area contributed by atoms with Crippen molar-refractivity contribution < 1.29 is 0 Å². The van der Waals surface area contributed by atoms with Gasteiger partial charge < -0.3 is 19.6 Å². The van der Waals surface area contributed by atoms with E-state index in [4.69, 9.17) is 0 Å². The number of aryl methyl sites for hydroxylation is 8. The molecule has 15 aromatic rings. The molecule has 0 saturated carbocycles. The summed E-state index contributed by atoms with van der Waals surface area (Å²) in [6.07, 6.45) is 17.4. The molecular weight excluding hydrogens is 1330 g/mol. The van der Waals surface area contributed by atoms with E-state index in [1.807, 2.05) is 0 Å². The highest BCUT2D eigenvalue weighted by molar-refractivity contribution is 5.84. The number of anilines is 12. The van der Waals surface area contributed by atoms with Crippen LogP contribution in [0.25, 0.3) is 59.7 Å². The largest absolute Gasteiger partial charge is 0.311 e. The Bertz CT molecular complexity index is 5050. The molecule has 0 aromatic heterocycles. The van der Waals surface area contributed by atoms with Crippen LogP contribution in [0.3, 0.4) is 0 Å². The lowest BCUT2D eigenvalue weighted by molar-refractivity contribution is 1.27. The molecule has 0 atom stereocenters. The van der Waals surface area contributed by atoms with Gasteiger partial charge in [-0.25, -0.2) is 0 Å². The Labute approximate surface area is 651 Å². The van der Waals surface area contributed by atoms with Crippen LogP contribution in [-0.4, -0.2) is 0 Å². The topological polar surface area (TPSA) is 13.0 Å². The summed E-state index contributed by atoms with van der Waals surface area (Å²) in [5, 5.41) is 0. The Balaban J connectivity index is 0.000000184. The summed E-state index contributed by atoms with van der Waals surface area (Å²) in [5.74, 6) is 0. The third-order valence-electron chi connectivity index (χ3n) is 19.9. The summed E-state index contributed by atoms with van der Waals surface area (Å²) in [4.78, 5) is 9.22. The first-order chi connectivity index (χ1) is 53.7. The molecule has 15 aromatic carbocycles. The summed E-state index contributed by atoms with van der Waals surface area (Å²) in [6, 6.07) is 131. The molecule has 0 heterocycles. The van der Waals surface area contributed by atoms with Gasteiger partial charge in [-0.1, -0.05) is 312 Å². The minimum atomic E-state index is 1.13. The fourth-order valence-corrected chi connectivity index (χ4v) is 13.3. The smallest absolute Gasteiger partial charge is 0.0462 e. The van der Waals surface area contributed by atoms with Gasteiger partial charge in [0, 0.05) is 68.2 Å².